The lowest BCUT2D eigenvalue weighted by Crippen LogP contribution is -2.89. The fourth-order valence-electron chi connectivity index (χ4n) is 8.37. The van der Waals surface area contributed by atoms with Gasteiger partial charge in [0, 0.05) is 31.5 Å². The average molecular weight is 288 g/mol. The Morgan fingerprint density at radius 1 is 1.33 bits per heavy atom. The summed E-state index contributed by atoms with van der Waals surface area (Å²) in [6.45, 7) is 0.814. The molecule has 5 aliphatic carbocycles. The van der Waals surface area contributed by atoms with E-state index in [4.69, 9.17) is 9.47 Å². The molecule has 6 aliphatic rings. The third kappa shape index (κ3) is 0.809. The summed E-state index contributed by atoms with van der Waals surface area (Å²) >= 11 is 0. The van der Waals surface area contributed by atoms with Gasteiger partial charge in [-0.05, 0) is 48.9 Å². The van der Waals surface area contributed by atoms with E-state index in [1.807, 2.05) is 0 Å². The maximum atomic E-state index is 12.6. The van der Waals surface area contributed by atoms with Crippen LogP contribution in [0.25, 0.3) is 0 Å². The number of carbonyl (C=O) groups is 2. The molecule has 0 N–H and O–H groups in total. The van der Waals surface area contributed by atoms with Crippen molar-refractivity contribution in [3.05, 3.63) is 0 Å². The van der Waals surface area contributed by atoms with Crippen LogP contribution in [0.3, 0.4) is 0 Å². The van der Waals surface area contributed by atoms with Crippen LogP contribution in [0.1, 0.15) is 25.7 Å². The second-order valence-corrected chi connectivity index (χ2v) is 8.26. The molecule has 0 aromatic carbocycles. The van der Waals surface area contributed by atoms with Crippen molar-refractivity contribution in [2.24, 2.45) is 46.3 Å². The van der Waals surface area contributed by atoms with Crippen molar-refractivity contribution in [1.29, 1.82) is 0 Å². The first-order chi connectivity index (χ1) is 10.2. The Kier molecular flexibility index (Phi) is 1.71. The molecule has 9 atom stereocenters. The first-order valence-corrected chi connectivity index (χ1v) is 8.41. The van der Waals surface area contributed by atoms with E-state index >= 15 is 0 Å². The summed E-state index contributed by atoms with van der Waals surface area (Å²) in [5, 5.41) is 0. The number of hydrogen-bond donors (Lipinski definition) is 0. The van der Waals surface area contributed by atoms with E-state index in [-0.39, 0.29) is 23.4 Å². The maximum absolute atomic E-state index is 12.6. The minimum Gasteiger partial charge on any atom is -0.461 e. The molecule has 5 saturated carbocycles. The Balaban J connectivity index is 1.50. The molecule has 6 rings (SSSR count). The Morgan fingerprint density at radius 2 is 2.19 bits per heavy atom. The van der Waals surface area contributed by atoms with E-state index in [0.717, 1.165) is 19.4 Å². The zero-order chi connectivity index (χ0) is 14.1. The van der Waals surface area contributed by atoms with E-state index in [1.165, 1.54) is 6.42 Å². The van der Waals surface area contributed by atoms with Crippen LogP contribution < -0.4 is 0 Å². The molecule has 0 bridgehead atoms. The van der Waals surface area contributed by atoms with Gasteiger partial charge in [0.05, 0.1) is 5.41 Å². The van der Waals surface area contributed by atoms with Crippen LogP contribution in [-0.2, 0) is 19.1 Å². The maximum Gasteiger partial charge on any atom is 0.313 e. The number of hydrogen-bond acceptors (Lipinski definition) is 4. The normalized spacial score (nSPS) is 64.5. The van der Waals surface area contributed by atoms with E-state index in [2.05, 4.69) is 0 Å². The molecule has 21 heavy (non-hydrogen) atoms. The number of Topliss-reactive ketones (excluding diaryl/α,β-unsaturated/α-hetero) is 1. The van der Waals surface area contributed by atoms with Crippen LogP contribution >= 0.6 is 0 Å². The molecule has 4 nitrogen and oxygen atoms in total. The highest BCUT2D eigenvalue weighted by Gasteiger charge is 2.95. The van der Waals surface area contributed by atoms with Crippen molar-refractivity contribution in [3.8, 4) is 0 Å². The quantitative estimate of drug-likeness (QED) is 0.721. The molecule has 0 aromatic rings. The lowest BCUT2D eigenvalue weighted by molar-refractivity contribution is -0.422. The summed E-state index contributed by atoms with van der Waals surface area (Å²) < 4.78 is 11.4. The number of ether oxygens (including phenoxy) is 2. The first-order valence-electron chi connectivity index (χ1n) is 8.41. The topological polar surface area (TPSA) is 52.6 Å². The van der Waals surface area contributed by atoms with Gasteiger partial charge in [-0.3, -0.25) is 9.59 Å². The summed E-state index contributed by atoms with van der Waals surface area (Å²) in [6, 6.07) is 0. The fourth-order valence-corrected chi connectivity index (χ4v) is 8.37. The minimum absolute atomic E-state index is 0.00696. The minimum atomic E-state index is -0.393. The highest BCUT2D eigenvalue weighted by molar-refractivity contribution is 5.97. The van der Waals surface area contributed by atoms with Gasteiger partial charge in [-0.15, -0.1) is 0 Å². The van der Waals surface area contributed by atoms with Gasteiger partial charge in [-0.25, -0.2) is 0 Å². The predicted molar refractivity (Wildman–Crippen MR) is 71.0 cm³/mol. The van der Waals surface area contributed by atoms with E-state index in [1.54, 1.807) is 7.11 Å². The van der Waals surface area contributed by atoms with Crippen LogP contribution in [0.2, 0.25) is 0 Å². The monoisotopic (exact) mass is 288 g/mol. The molecule has 0 amide bonds. The average Bonchev–Trinajstić information content (AvgIpc) is 2.88. The smallest absolute Gasteiger partial charge is 0.313 e. The zero-order valence-corrected chi connectivity index (χ0v) is 12.2. The fraction of sp³-hybridized carbons (Fsp3) is 0.882. The number of carbonyl (C=O) groups excluding carboxylic acids is 2. The van der Waals surface area contributed by atoms with Crippen LogP contribution in [0.4, 0.5) is 0 Å². The molecule has 1 saturated heterocycles. The van der Waals surface area contributed by atoms with Crippen molar-refractivity contribution < 1.29 is 19.1 Å². The largest absolute Gasteiger partial charge is 0.461 e. The van der Waals surface area contributed by atoms with Gasteiger partial charge in [-0.2, -0.15) is 0 Å². The van der Waals surface area contributed by atoms with E-state index in [9.17, 15) is 9.59 Å². The molecule has 0 aromatic heterocycles. The molecule has 6 fully saturated rings. The van der Waals surface area contributed by atoms with Crippen molar-refractivity contribution in [1.82, 2.24) is 0 Å². The molecule has 1 aliphatic heterocycles. The van der Waals surface area contributed by atoms with E-state index < -0.39 is 5.41 Å². The van der Waals surface area contributed by atoms with Gasteiger partial charge in [0.1, 0.15) is 11.9 Å². The molecule has 4 heteroatoms. The first kappa shape index (κ1) is 11.6. The van der Waals surface area contributed by atoms with E-state index in [0.29, 0.717) is 41.8 Å². The highest BCUT2D eigenvalue weighted by Crippen LogP contribution is 2.92. The van der Waals surface area contributed by atoms with Crippen molar-refractivity contribution >= 4 is 11.8 Å². The van der Waals surface area contributed by atoms with Gasteiger partial charge in [0.25, 0.3) is 0 Å². The standard InChI is InChI=1S/C17H20O4/c1-20-6-7-8-2-3-10-17(8)12(7)11-13-9(18)4-5-16(13,14(11)17)15(19)21-10/h7-8,10-14H,2-6H2,1H3/t7-,8-,10-,11-,12+,13-,14-,16+,17?/m1/s1. The van der Waals surface area contributed by atoms with Crippen LogP contribution in [0.15, 0.2) is 0 Å². The molecular formula is C17H20O4. The van der Waals surface area contributed by atoms with Crippen LogP contribution in [0, 0.1) is 46.3 Å². The van der Waals surface area contributed by atoms with Gasteiger partial charge >= 0.3 is 5.97 Å². The third-order valence-corrected chi connectivity index (χ3v) is 8.45. The van der Waals surface area contributed by atoms with Crippen molar-refractivity contribution in [2.45, 2.75) is 31.8 Å². The summed E-state index contributed by atoms with van der Waals surface area (Å²) in [5.41, 5.74) is -0.141. The van der Waals surface area contributed by atoms with Gasteiger partial charge < -0.3 is 9.47 Å². The number of methoxy groups -OCH3 is 1. The summed E-state index contributed by atoms with van der Waals surface area (Å²) in [6.07, 6.45) is 3.72. The van der Waals surface area contributed by atoms with Crippen LogP contribution in [-0.4, -0.2) is 31.6 Å². The Morgan fingerprint density at radius 3 is 3.00 bits per heavy atom. The van der Waals surface area contributed by atoms with Gasteiger partial charge in [0.15, 0.2) is 0 Å². The number of ketones is 1. The SMILES string of the molecule is COC[C@H]1[C@H]2[C@@H]3[C@H]4C(=O)CC[C@]45C(=O)O[C@@H]4CC[C@H]1C24[C@H]35. The summed E-state index contributed by atoms with van der Waals surface area (Å²) in [5.74, 6) is 3.12. The summed E-state index contributed by atoms with van der Waals surface area (Å²) in [4.78, 5) is 25.0. The Bertz CT molecular complexity index is 600. The molecule has 112 valence electrons. The molecular weight excluding hydrogens is 268 g/mol. The predicted octanol–water partition coefficient (Wildman–Crippen LogP) is 1.43. The Labute approximate surface area is 123 Å². The molecule has 1 unspecified atom stereocenters. The third-order valence-electron chi connectivity index (χ3n) is 8.45. The highest BCUT2D eigenvalue weighted by atomic mass is 16.6. The summed E-state index contributed by atoms with van der Waals surface area (Å²) in [7, 11) is 1.78. The van der Waals surface area contributed by atoms with Gasteiger partial charge in [0.2, 0.25) is 0 Å². The Hall–Kier alpha value is -0.900. The lowest BCUT2D eigenvalue weighted by Gasteiger charge is -2.86. The lowest BCUT2D eigenvalue weighted by atomic mass is 9.17. The number of fused-ring (bicyclic) bond motifs is 2. The zero-order valence-electron chi connectivity index (χ0n) is 12.2. The van der Waals surface area contributed by atoms with Crippen molar-refractivity contribution in [3.63, 3.8) is 0 Å². The molecule has 0 radical (unpaired) electrons. The van der Waals surface area contributed by atoms with Gasteiger partial charge in [-0.1, -0.05) is 0 Å². The molecule has 2 spiro atoms. The van der Waals surface area contributed by atoms with Crippen molar-refractivity contribution in [2.75, 3.05) is 13.7 Å². The number of rotatable bonds is 2. The second kappa shape index (κ2) is 3.08. The number of esters is 1. The van der Waals surface area contributed by atoms with Crippen LogP contribution in [0.5, 0.6) is 0 Å². The molecule has 1 heterocycles. The second-order valence-electron chi connectivity index (χ2n) is 8.26.